The van der Waals surface area contributed by atoms with Crippen molar-refractivity contribution in [2.45, 2.75) is 39.2 Å². The molecule has 2 nitrogen and oxygen atoms in total. The van der Waals surface area contributed by atoms with Crippen LogP contribution in [0.1, 0.15) is 31.4 Å². The predicted molar refractivity (Wildman–Crippen MR) is 70.1 cm³/mol. The molecule has 0 unspecified atom stereocenters. The molecule has 1 aliphatic rings. The number of hydrogen-bond donors (Lipinski definition) is 2. The number of fused-ring (bicyclic) bond motifs is 1. The third-order valence-electron chi connectivity index (χ3n) is 3.11. The van der Waals surface area contributed by atoms with Crippen LogP contribution in [-0.2, 0) is 12.8 Å². The fourth-order valence-electron chi connectivity index (χ4n) is 2.25. The van der Waals surface area contributed by atoms with Gasteiger partial charge in [-0.15, -0.1) is 0 Å². The number of nitrogens with one attached hydrogen (secondary N) is 2. The normalized spacial score (nSPS) is 14.2. The van der Waals surface area contributed by atoms with E-state index in [4.69, 9.17) is 0 Å². The standard InChI is InChI=1S/C14H22N2/c1-11(2)15-8-9-16-14-7-6-12-4-3-5-13(12)10-14/h6-7,10-11,15-16H,3-5,8-9H2,1-2H3. The molecule has 0 heterocycles. The highest BCUT2D eigenvalue weighted by molar-refractivity contribution is 5.50. The van der Waals surface area contributed by atoms with Gasteiger partial charge in [-0.05, 0) is 42.5 Å². The van der Waals surface area contributed by atoms with Crippen molar-refractivity contribution in [2.24, 2.45) is 0 Å². The highest BCUT2D eigenvalue weighted by atomic mass is 15.0. The van der Waals surface area contributed by atoms with E-state index in [0.29, 0.717) is 6.04 Å². The smallest absolute Gasteiger partial charge is 0.0343 e. The Balaban J connectivity index is 1.81. The second-order valence-electron chi connectivity index (χ2n) is 4.87. The van der Waals surface area contributed by atoms with Crippen molar-refractivity contribution in [2.75, 3.05) is 18.4 Å². The van der Waals surface area contributed by atoms with Crippen LogP contribution in [0.4, 0.5) is 5.69 Å². The summed E-state index contributed by atoms with van der Waals surface area (Å²) < 4.78 is 0. The third-order valence-corrected chi connectivity index (χ3v) is 3.11. The van der Waals surface area contributed by atoms with E-state index in [1.165, 1.54) is 24.9 Å². The Bertz CT molecular complexity index is 345. The Morgan fingerprint density at radius 2 is 1.94 bits per heavy atom. The lowest BCUT2D eigenvalue weighted by Crippen LogP contribution is -2.28. The molecule has 2 N–H and O–H groups in total. The summed E-state index contributed by atoms with van der Waals surface area (Å²) in [6.07, 6.45) is 3.85. The van der Waals surface area contributed by atoms with Crippen LogP contribution in [0.3, 0.4) is 0 Å². The maximum atomic E-state index is 3.47. The van der Waals surface area contributed by atoms with Crippen molar-refractivity contribution in [1.82, 2.24) is 5.32 Å². The SMILES string of the molecule is CC(C)NCCNc1ccc2c(c1)CCC2. The van der Waals surface area contributed by atoms with Crippen molar-refractivity contribution in [1.29, 1.82) is 0 Å². The van der Waals surface area contributed by atoms with Crippen molar-refractivity contribution in [3.05, 3.63) is 29.3 Å². The summed E-state index contributed by atoms with van der Waals surface area (Å²) in [5.74, 6) is 0. The van der Waals surface area contributed by atoms with E-state index in [1.54, 1.807) is 11.1 Å². The molecule has 2 rings (SSSR count). The zero-order valence-electron chi connectivity index (χ0n) is 10.3. The molecular weight excluding hydrogens is 196 g/mol. The van der Waals surface area contributed by atoms with Crippen LogP contribution in [0.25, 0.3) is 0 Å². The highest BCUT2D eigenvalue weighted by Gasteiger charge is 2.10. The summed E-state index contributed by atoms with van der Waals surface area (Å²) in [6.45, 7) is 6.37. The van der Waals surface area contributed by atoms with E-state index in [2.05, 4.69) is 42.7 Å². The first-order valence-electron chi connectivity index (χ1n) is 6.35. The largest absolute Gasteiger partial charge is 0.384 e. The van der Waals surface area contributed by atoms with E-state index in [9.17, 15) is 0 Å². The van der Waals surface area contributed by atoms with E-state index in [0.717, 1.165) is 13.1 Å². The number of rotatable bonds is 5. The molecule has 0 atom stereocenters. The molecule has 0 bridgehead atoms. The van der Waals surface area contributed by atoms with Gasteiger partial charge in [-0.1, -0.05) is 19.9 Å². The second-order valence-corrected chi connectivity index (χ2v) is 4.87. The van der Waals surface area contributed by atoms with Crippen LogP contribution in [0.5, 0.6) is 0 Å². The summed E-state index contributed by atoms with van der Waals surface area (Å²) in [4.78, 5) is 0. The van der Waals surface area contributed by atoms with Gasteiger partial charge in [0.05, 0.1) is 0 Å². The van der Waals surface area contributed by atoms with Gasteiger partial charge in [0.15, 0.2) is 0 Å². The zero-order chi connectivity index (χ0) is 11.4. The fraction of sp³-hybridized carbons (Fsp3) is 0.571. The summed E-state index contributed by atoms with van der Waals surface area (Å²) in [5, 5.41) is 6.87. The minimum absolute atomic E-state index is 0.571. The van der Waals surface area contributed by atoms with Gasteiger partial charge in [-0.2, -0.15) is 0 Å². The fourth-order valence-corrected chi connectivity index (χ4v) is 2.25. The van der Waals surface area contributed by atoms with E-state index < -0.39 is 0 Å². The molecule has 88 valence electrons. The number of aryl methyl sites for hydroxylation is 2. The van der Waals surface area contributed by atoms with Crippen LogP contribution in [-0.4, -0.2) is 19.1 Å². The van der Waals surface area contributed by atoms with Crippen LogP contribution in [0, 0.1) is 0 Å². The van der Waals surface area contributed by atoms with Gasteiger partial charge in [0.2, 0.25) is 0 Å². The lowest BCUT2D eigenvalue weighted by atomic mass is 10.1. The van der Waals surface area contributed by atoms with Gasteiger partial charge in [0, 0.05) is 24.8 Å². The Hall–Kier alpha value is -1.02. The molecule has 1 aliphatic carbocycles. The lowest BCUT2D eigenvalue weighted by Gasteiger charge is -2.11. The summed E-state index contributed by atoms with van der Waals surface area (Å²) in [6, 6.07) is 7.37. The van der Waals surface area contributed by atoms with Gasteiger partial charge in [0.25, 0.3) is 0 Å². The topological polar surface area (TPSA) is 24.1 Å². The number of benzene rings is 1. The Morgan fingerprint density at radius 1 is 1.12 bits per heavy atom. The average Bonchev–Trinajstić information content (AvgIpc) is 2.71. The van der Waals surface area contributed by atoms with Gasteiger partial charge in [0.1, 0.15) is 0 Å². The van der Waals surface area contributed by atoms with Crippen LogP contribution in [0.2, 0.25) is 0 Å². The van der Waals surface area contributed by atoms with E-state index >= 15 is 0 Å². The predicted octanol–water partition coefficient (Wildman–Crippen LogP) is 2.59. The van der Waals surface area contributed by atoms with Crippen LogP contribution in [0.15, 0.2) is 18.2 Å². The summed E-state index contributed by atoms with van der Waals surface area (Å²) >= 11 is 0. The summed E-state index contributed by atoms with van der Waals surface area (Å²) in [7, 11) is 0. The van der Waals surface area contributed by atoms with E-state index in [-0.39, 0.29) is 0 Å². The minimum Gasteiger partial charge on any atom is -0.384 e. The Morgan fingerprint density at radius 3 is 2.75 bits per heavy atom. The number of hydrogen-bond acceptors (Lipinski definition) is 2. The van der Waals surface area contributed by atoms with E-state index in [1.807, 2.05) is 0 Å². The molecule has 0 saturated carbocycles. The summed E-state index contributed by atoms with van der Waals surface area (Å²) in [5.41, 5.74) is 4.36. The molecule has 0 saturated heterocycles. The minimum atomic E-state index is 0.571. The van der Waals surface area contributed by atoms with Crippen molar-refractivity contribution in [3.8, 4) is 0 Å². The third kappa shape index (κ3) is 2.99. The second kappa shape index (κ2) is 5.35. The first-order chi connectivity index (χ1) is 7.75. The van der Waals surface area contributed by atoms with Gasteiger partial charge < -0.3 is 10.6 Å². The first-order valence-corrected chi connectivity index (χ1v) is 6.35. The maximum absolute atomic E-state index is 3.47. The van der Waals surface area contributed by atoms with Crippen molar-refractivity contribution < 1.29 is 0 Å². The number of anilines is 1. The van der Waals surface area contributed by atoms with Crippen molar-refractivity contribution >= 4 is 5.69 Å². The monoisotopic (exact) mass is 218 g/mol. The molecule has 0 aromatic heterocycles. The molecule has 16 heavy (non-hydrogen) atoms. The maximum Gasteiger partial charge on any atom is 0.0343 e. The molecule has 0 spiro atoms. The molecule has 1 aromatic carbocycles. The lowest BCUT2D eigenvalue weighted by molar-refractivity contribution is 0.602. The van der Waals surface area contributed by atoms with Gasteiger partial charge in [-0.25, -0.2) is 0 Å². The first kappa shape index (κ1) is 11.5. The van der Waals surface area contributed by atoms with Gasteiger partial charge in [-0.3, -0.25) is 0 Å². The molecule has 0 amide bonds. The zero-order valence-corrected chi connectivity index (χ0v) is 10.3. The van der Waals surface area contributed by atoms with Crippen molar-refractivity contribution in [3.63, 3.8) is 0 Å². The molecular formula is C14H22N2. The molecule has 0 radical (unpaired) electrons. The van der Waals surface area contributed by atoms with Crippen LogP contribution >= 0.6 is 0 Å². The average molecular weight is 218 g/mol. The molecule has 0 aliphatic heterocycles. The molecule has 1 aromatic rings. The highest BCUT2D eigenvalue weighted by Crippen LogP contribution is 2.24. The van der Waals surface area contributed by atoms with Gasteiger partial charge >= 0.3 is 0 Å². The Labute approximate surface area is 98.4 Å². The quantitative estimate of drug-likeness (QED) is 0.742. The molecule has 2 heteroatoms. The molecule has 0 fully saturated rings. The Kier molecular flexibility index (Phi) is 3.83. The van der Waals surface area contributed by atoms with Crippen LogP contribution < -0.4 is 10.6 Å².